The summed E-state index contributed by atoms with van der Waals surface area (Å²) < 4.78 is 0. The molecule has 0 aliphatic heterocycles. The third kappa shape index (κ3) is 4.65. The first-order valence-electron chi connectivity index (χ1n) is 7.14. The van der Waals surface area contributed by atoms with E-state index in [1.807, 2.05) is 48.5 Å². The van der Waals surface area contributed by atoms with E-state index in [9.17, 15) is 4.79 Å². The van der Waals surface area contributed by atoms with E-state index >= 15 is 0 Å². The fourth-order valence-corrected chi connectivity index (χ4v) is 4.04. The highest BCUT2D eigenvalue weighted by atomic mass is 32.2. The fraction of sp³-hybridized carbons (Fsp3) is 0. The van der Waals surface area contributed by atoms with Gasteiger partial charge in [-0.1, -0.05) is 59.9 Å². The predicted octanol–water partition coefficient (Wildman–Crippen LogP) is 5.56. The van der Waals surface area contributed by atoms with Gasteiger partial charge in [-0.15, -0.1) is 0 Å². The van der Waals surface area contributed by atoms with Gasteiger partial charge in [-0.25, -0.2) is 0 Å². The normalized spacial score (nSPS) is 10.3. The average molecular weight is 337 g/mol. The van der Waals surface area contributed by atoms with Gasteiger partial charge in [0.1, 0.15) is 0 Å². The molecule has 0 spiro atoms. The Morgan fingerprint density at radius 2 is 1.13 bits per heavy atom. The minimum absolute atomic E-state index is 0.712. The minimum atomic E-state index is 0.712. The van der Waals surface area contributed by atoms with Crippen molar-refractivity contribution in [3.8, 4) is 0 Å². The van der Waals surface area contributed by atoms with Crippen LogP contribution < -0.4 is 5.32 Å². The quantitative estimate of drug-likeness (QED) is 0.597. The molecule has 3 aromatic rings. The molecule has 3 rings (SSSR count). The maximum atomic E-state index is 10.8. The summed E-state index contributed by atoms with van der Waals surface area (Å²) in [6.45, 7) is 0. The van der Waals surface area contributed by atoms with Crippen LogP contribution in [0, 0.1) is 0 Å². The van der Waals surface area contributed by atoms with Crippen molar-refractivity contribution in [1.29, 1.82) is 0 Å². The summed E-state index contributed by atoms with van der Waals surface area (Å²) in [5.41, 5.74) is 0.805. The molecule has 114 valence electrons. The molecule has 0 fully saturated rings. The van der Waals surface area contributed by atoms with Crippen LogP contribution in [0.15, 0.2) is 98.4 Å². The van der Waals surface area contributed by atoms with Crippen molar-refractivity contribution in [2.75, 3.05) is 5.32 Å². The number of amides is 1. The number of hydrogen-bond acceptors (Lipinski definition) is 3. The molecule has 2 nitrogen and oxygen atoms in total. The third-order valence-electron chi connectivity index (χ3n) is 3.06. The highest BCUT2D eigenvalue weighted by Crippen LogP contribution is 2.36. The first-order chi connectivity index (χ1) is 11.3. The van der Waals surface area contributed by atoms with Crippen LogP contribution in [0.5, 0.6) is 0 Å². The average Bonchev–Trinajstić information content (AvgIpc) is 2.57. The molecule has 0 saturated heterocycles. The number of anilines is 1. The van der Waals surface area contributed by atoms with Crippen LogP contribution >= 0.6 is 23.5 Å². The van der Waals surface area contributed by atoms with Crippen molar-refractivity contribution in [3.63, 3.8) is 0 Å². The lowest BCUT2D eigenvalue weighted by Crippen LogP contribution is -1.94. The Bertz CT molecular complexity index is 716. The zero-order valence-electron chi connectivity index (χ0n) is 12.3. The number of carbonyl (C=O) groups is 1. The third-order valence-corrected chi connectivity index (χ3v) is 5.02. The molecule has 0 aliphatic carbocycles. The van der Waals surface area contributed by atoms with Crippen LogP contribution in [-0.2, 0) is 4.79 Å². The van der Waals surface area contributed by atoms with Gasteiger partial charge in [-0.3, -0.25) is 4.79 Å². The summed E-state index contributed by atoms with van der Waals surface area (Å²) in [6.07, 6.45) is 0.712. The van der Waals surface area contributed by atoms with E-state index in [2.05, 4.69) is 35.6 Å². The standard InChI is InChI=1S/C19H15NOS2/c21-14-20-15-11-18(22-16-7-3-1-4-8-16)13-19(12-15)23-17-9-5-2-6-10-17/h1-14H,(H,20,21). The molecule has 4 heteroatoms. The van der Waals surface area contributed by atoms with Gasteiger partial charge in [-0.2, -0.15) is 0 Å². The Morgan fingerprint density at radius 1 is 0.652 bits per heavy atom. The van der Waals surface area contributed by atoms with Crippen molar-refractivity contribution in [3.05, 3.63) is 78.9 Å². The highest BCUT2D eigenvalue weighted by Gasteiger charge is 2.05. The molecule has 0 radical (unpaired) electrons. The topological polar surface area (TPSA) is 29.1 Å². The van der Waals surface area contributed by atoms with Crippen molar-refractivity contribution in [2.45, 2.75) is 19.6 Å². The van der Waals surface area contributed by atoms with Crippen LogP contribution in [0.1, 0.15) is 0 Å². The molecular formula is C19H15NOS2. The summed E-state index contributed by atoms with van der Waals surface area (Å²) in [5.74, 6) is 0. The van der Waals surface area contributed by atoms with E-state index in [4.69, 9.17) is 0 Å². The predicted molar refractivity (Wildman–Crippen MR) is 97.3 cm³/mol. The van der Waals surface area contributed by atoms with Gasteiger partial charge in [0.15, 0.2) is 0 Å². The molecule has 0 unspecified atom stereocenters. The van der Waals surface area contributed by atoms with Crippen LogP contribution in [0.3, 0.4) is 0 Å². The van der Waals surface area contributed by atoms with Gasteiger partial charge in [-0.05, 0) is 42.5 Å². The second-order valence-corrected chi connectivity index (χ2v) is 7.08. The Kier molecular flexibility index (Phi) is 5.40. The van der Waals surface area contributed by atoms with Crippen LogP contribution in [0.25, 0.3) is 0 Å². The van der Waals surface area contributed by atoms with Crippen LogP contribution in [0.4, 0.5) is 5.69 Å². The Hall–Kier alpha value is -2.17. The monoisotopic (exact) mass is 337 g/mol. The van der Waals surface area contributed by atoms with E-state index in [-0.39, 0.29) is 0 Å². The molecule has 1 N–H and O–H groups in total. The van der Waals surface area contributed by atoms with Crippen LogP contribution in [0.2, 0.25) is 0 Å². The summed E-state index contributed by atoms with van der Waals surface area (Å²) in [7, 11) is 0. The molecule has 0 atom stereocenters. The lowest BCUT2D eigenvalue weighted by Gasteiger charge is -2.09. The maximum Gasteiger partial charge on any atom is 0.211 e. The molecule has 0 heterocycles. The number of nitrogens with one attached hydrogen (secondary N) is 1. The van der Waals surface area contributed by atoms with Gasteiger partial charge in [0.25, 0.3) is 0 Å². The van der Waals surface area contributed by atoms with E-state index in [1.165, 1.54) is 9.79 Å². The largest absolute Gasteiger partial charge is 0.329 e. The van der Waals surface area contributed by atoms with E-state index in [1.54, 1.807) is 23.5 Å². The molecule has 0 aliphatic rings. The van der Waals surface area contributed by atoms with Gasteiger partial charge in [0.05, 0.1) is 0 Å². The highest BCUT2D eigenvalue weighted by molar-refractivity contribution is 8.00. The van der Waals surface area contributed by atoms with Crippen LogP contribution in [-0.4, -0.2) is 6.41 Å². The summed E-state index contributed by atoms with van der Waals surface area (Å²) in [4.78, 5) is 15.3. The smallest absolute Gasteiger partial charge is 0.211 e. The maximum absolute atomic E-state index is 10.8. The van der Waals surface area contributed by atoms with E-state index in [0.29, 0.717) is 6.41 Å². The number of hydrogen-bond donors (Lipinski definition) is 1. The Balaban J connectivity index is 1.88. The zero-order valence-corrected chi connectivity index (χ0v) is 13.9. The fourth-order valence-electron chi connectivity index (χ4n) is 2.09. The zero-order chi connectivity index (χ0) is 15.9. The van der Waals surface area contributed by atoms with E-state index in [0.717, 1.165) is 15.5 Å². The lowest BCUT2D eigenvalue weighted by atomic mass is 10.3. The van der Waals surface area contributed by atoms with Gasteiger partial charge in [0, 0.05) is 25.3 Å². The van der Waals surface area contributed by atoms with Crippen molar-refractivity contribution in [1.82, 2.24) is 0 Å². The van der Waals surface area contributed by atoms with Gasteiger partial charge < -0.3 is 5.32 Å². The van der Waals surface area contributed by atoms with E-state index < -0.39 is 0 Å². The molecule has 0 aromatic heterocycles. The molecule has 1 amide bonds. The van der Waals surface area contributed by atoms with Crippen molar-refractivity contribution < 1.29 is 4.79 Å². The molecule has 3 aromatic carbocycles. The Labute approximate surface area is 144 Å². The second kappa shape index (κ2) is 7.90. The molecule has 0 saturated carbocycles. The summed E-state index contributed by atoms with van der Waals surface area (Å²) in [6, 6.07) is 26.5. The SMILES string of the molecule is O=CNc1cc(Sc2ccccc2)cc(Sc2ccccc2)c1. The minimum Gasteiger partial charge on any atom is -0.329 e. The first kappa shape index (κ1) is 15.7. The number of benzene rings is 3. The summed E-state index contributed by atoms with van der Waals surface area (Å²) in [5, 5.41) is 2.75. The lowest BCUT2D eigenvalue weighted by molar-refractivity contribution is -0.105. The van der Waals surface area contributed by atoms with Crippen molar-refractivity contribution >= 4 is 35.6 Å². The number of rotatable bonds is 6. The second-order valence-electron chi connectivity index (χ2n) is 4.79. The number of carbonyl (C=O) groups excluding carboxylic acids is 1. The molecular weight excluding hydrogens is 322 g/mol. The summed E-state index contributed by atoms with van der Waals surface area (Å²) >= 11 is 3.37. The first-order valence-corrected chi connectivity index (χ1v) is 8.78. The van der Waals surface area contributed by atoms with Crippen molar-refractivity contribution in [2.24, 2.45) is 0 Å². The Morgan fingerprint density at radius 3 is 1.57 bits per heavy atom. The molecule has 0 bridgehead atoms. The van der Waals surface area contributed by atoms with Gasteiger partial charge in [0.2, 0.25) is 6.41 Å². The van der Waals surface area contributed by atoms with Gasteiger partial charge >= 0.3 is 0 Å². The molecule has 23 heavy (non-hydrogen) atoms.